The minimum atomic E-state index is -3.41. The maximum atomic E-state index is 12.9. The zero-order valence-corrected chi connectivity index (χ0v) is 19.3. The van der Waals surface area contributed by atoms with Gasteiger partial charge in [-0.1, -0.05) is 29.6 Å². The van der Waals surface area contributed by atoms with E-state index in [1.165, 1.54) is 35.8 Å². The second-order valence-corrected chi connectivity index (χ2v) is 10.8. The number of benzene rings is 1. The first-order valence-electron chi connectivity index (χ1n) is 10.3. The lowest BCUT2D eigenvalue weighted by Crippen LogP contribution is -2.29. The number of hydrogen-bond donors (Lipinski definition) is 1. The number of nitrogens with one attached hydrogen (secondary N) is 1. The quantitative estimate of drug-likeness (QED) is 0.691. The lowest BCUT2D eigenvalue weighted by atomic mass is 10.1. The number of piperidine rings is 1. The first-order chi connectivity index (χ1) is 14.8. The Morgan fingerprint density at radius 2 is 1.81 bits per heavy atom. The molecule has 1 amide bonds. The van der Waals surface area contributed by atoms with E-state index in [1.54, 1.807) is 6.07 Å². The largest absolute Gasteiger partial charge is 0.322 e. The molecule has 1 aromatic carbocycles. The Morgan fingerprint density at radius 1 is 1.03 bits per heavy atom. The molecular weight excluding hydrogens is 459 g/mol. The number of likely N-dealkylation sites (tertiary alicyclic amines) is 1. The maximum Gasteiger partial charge on any atom is 0.257 e. The molecule has 2 aromatic rings. The van der Waals surface area contributed by atoms with Crippen molar-refractivity contribution in [1.82, 2.24) is 9.88 Å². The maximum absolute atomic E-state index is 12.9. The monoisotopic (exact) mass is 482 g/mol. The summed E-state index contributed by atoms with van der Waals surface area (Å²) < 4.78 is 25.6. The number of hydrogen-bond acceptors (Lipinski definition) is 5. The molecule has 2 fully saturated rings. The zero-order valence-electron chi connectivity index (χ0n) is 17.0. The van der Waals surface area contributed by atoms with Crippen LogP contribution in [-0.4, -0.2) is 49.6 Å². The lowest BCUT2D eigenvalue weighted by Gasteiger charge is -2.26. The van der Waals surface area contributed by atoms with E-state index in [0.717, 1.165) is 25.2 Å². The molecule has 0 spiro atoms. The molecule has 0 radical (unpaired) electrons. The number of halogens is 2. The molecule has 1 aromatic heterocycles. The van der Waals surface area contributed by atoms with Gasteiger partial charge in [-0.2, -0.15) is 0 Å². The Morgan fingerprint density at radius 3 is 2.52 bits per heavy atom. The van der Waals surface area contributed by atoms with Crippen molar-refractivity contribution in [2.75, 3.05) is 35.0 Å². The van der Waals surface area contributed by atoms with E-state index in [9.17, 15) is 13.2 Å². The topological polar surface area (TPSA) is 82.6 Å². The van der Waals surface area contributed by atoms with Gasteiger partial charge in [-0.15, -0.1) is 0 Å². The summed E-state index contributed by atoms with van der Waals surface area (Å²) in [6, 6.07) is 6.90. The average Bonchev–Trinajstić information content (AvgIpc) is 3.07. The predicted octanol–water partition coefficient (Wildman–Crippen LogP) is 4.17. The Labute approximate surface area is 192 Å². The van der Waals surface area contributed by atoms with E-state index in [2.05, 4.69) is 15.2 Å². The first-order valence-corrected chi connectivity index (χ1v) is 12.7. The number of amides is 1. The molecule has 2 aliphatic heterocycles. The van der Waals surface area contributed by atoms with Crippen LogP contribution >= 0.6 is 23.2 Å². The van der Waals surface area contributed by atoms with Crippen molar-refractivity contribution in [2.24, 2.45) is 0 Å². The van der Waals surface area contributed by atoms with Gasteiger partial charge in [-0.25, -0.2) is 13.4 Å². The van der Waals surface area contributed by atoms with Crippen molar-refractivity contribution in [3.8, 4) is 0 Å². The number of pyridine rings is 1. The van der Waals surface area contributed by atoms with Crippen molar-refractivity contribution >= 4 is 50.6 Å². The summed E-state index contributed by atoms with van der Waals surface area (Å²) in [5, 5.41) is 3.52. The van der Waals surface area contributed by atoms with Gasteiger partial charge in [0.15, 0.2) is 0 Å². The van der Waals surface area contributed by atoms with E-state index < -0.39 is 15.9 Å². The minimum Gasteiger partial charge on any atom is -0.322 e. The molecule has 2 saturated heterocycles. The van der Waals surface area contributed by atoms with Crippen LogP contribution in [0.4, 0.5) is 11.5 Å². The fraction of sp³-hybridized carbons (Fsp3) is 0.429. The number of carbonyl (C=O) groups is 1. The molecule has 1 N–H and O–H groups in total. The van der Waals surface area contributed by atoms with Crippen LogP contribution in [0.15, 0.2) is 30.5 Å². The van der Waals surface area contributed by atoms with Crippen LogP contribution in [0.1, 0.15) is 41.6 Å². The molecule has 0 atom stereocenters. The molecule has 7 nitrogen and oxygen atoms in total. The van der Waals surface area contributed by atoms with E-state index in [4.69, 9.17) is 23.2 Å². The van der Waals surface area contributed by atoms with Crippen LogP contribution in [0.25, 0.3) is 0 Å². The van der Waals surface area contributed by atoms with Gasteiger partial charge < -0.3 is 5.32 Å². The summed E-state index contributed by atoms with van der Waals surface area (Å²) in [6.07, 6.45) is 5.48. The van der Waals surface area contributed by atoms with Gasteiger partial charge in [-0.05, 0) is 62.2 Å². The summed E-state index contributed by atoms with van der Waals surface area (Å²) in [5.41, 5.74) is 1.74. The van der Waals surface area contributed by atoms with Gasteiger partial charge in [-0.3, -0.25) is 14.0 Å². The van der Waals surface area contributed by atoms with Gasteiger partial charge in [0.2, 0.25) is 10.0 Å². The molecule has 0 unspecified atom stereocenters. The fourth-order valence-corrected chi connectivity index (χ4v) is 5.98. The van der Waals surface area contributed by atoms with Gasteiger partial charge in [0, 0.05) is 30.0 Å². The molecule has 0 saturated carbocycles. The predicted molar refractivity (Wildman–Crippen MR) is 124 cm³/mol. The van der Waals surface area contributed by atoms with E-state index in [-0.39, 0.29) is 22.2 Å². The average molecular weight is 483 g/mol. The Bertz CT molecular complexity index is 1090. The van der Waals surface area contributed by atoms with Crippen molar-refractivity contribution in [3.63, 3.8) is 0 Å². The first kappa shape index (κ1) is 22.3. The van der Waals surface area contributed by atoms with Crippen LogP contribution in [0, 0.1) is 0 Å². The Balaban J connectivity index is 1.53. The van der Waals surface area contributed by atoms with Gasteiger partial charge in [0.1, 0.15) is 5.82 Å². The molecule has 4 rings (SSSR count). The summed E-state index contributed by atoms with van der Waals surface area (Å²) >= 11 is 12.5. The highest BCUT2D eigenvalue weighted by Gasteiger charge is 2.30. The summed E-state index contributed by atoms with van der Waals surface area (Å²) in [6.45, 7) is 3.23. The summed E-state index contributed by atoms with van der Waals surface area (Å²) in [5.74, 6) is -0.179. The van der Waals surface area contributed by atoms with Gasteiger partial charge in [0.25, 0.3) is 5.91 Å². The third-order valence-corrected chi connectivity index (χ3v) is 7.88. The second kappa shape index (κ2) is 9.32. The van der Waals surface area contributed by atoms with Crippen LogP contribution in [0.2, 0.25) is 10.0 Å². The molecule has 10 heteroatoms. The smallest absolute Gasteiger partial charge is 0.257 e. The van der Waals surface area contributed by atoms with Crippen molar-refractivity contribution in [1.29, 1.82) is 0 Å². The third-order valence-electron chi connectivity index (χ3n) is 5.51. The number of anilines is 2. The van der Waals surface area contributed by atoms with E-state index in [1.807, 2.05) is 12.1 Å². The Kier molecular flexibility index (Phi) is 6.71. The number of nitrogens with zero attached hydrogens (tertiary/aromatic N) is 3. The SMILES string of the molecule is O=C(Nc1cc(Cl)cc(CN2CCCCC2)c1)c1cc(N2CCCS2(=O)=O)ncc1Cl. The van der Waals surface area contributed by atoms with Crippen molar-refractivity contribution in [2.45, 2.75) is 32.2 Å². The highest BCUT2D eigenvalue weighted by molar-refractivity contribution is 7.93. The molecule has 3 heterocycles. The second-order valence-electron chi connectivity index (χ2n) is 7.90. The van der Waals surface area contributed by atoms with Crippen molar-refractivity contribution < 1.29 is 13.2 Å². The molecule has 2 aliphatic rings. The van der Waals surface area contributed by atoms with Crippen LogP contribution in [-0.2, 0) is 16.6 Å². The molecule has 166 valence electrons. The number of aromatic nitrogens is 1. The third kappa shape index (κ3) is 5.31. The summed E-state index contributed by atoms with van der Waals surface area (Å²) in [7, 11) is -3.41. The molecular formula is C21H24Cl2N4O3S. The number of sulfonamides is 1. The highest BCUT2D eigenvalue weighted by atomic mass is 35.5. The fourth-order valence-electron chi connectivity index (χ4n) is 4.02. The van der Waals surface area contributed by atoms with Crippen molar-refractivity contribution in [3.05, 3.63) is 51.6 Å². The number of rotatable bonds is 5. The van der Waals surface area contributed by atoms with Gasteiger partial charge in [0.05, 0.1) is 16.3 Å². The van der Waals surface area contributed by atoms with Gasteiger partial charge >= 0.3 is 0 Å². The van der Waals surface area contributed by atoms with E-state index in [0.29, 0.717) is 23.7 Å². The highest BCUT2D eigenvalue weighted by Crippen LogP contribution is 2.27. The van der Waals surface area contributed by atoms with E-state index >= 15 is 0 Å². The zero-order chi connectivity index (χ0) is 22.0. The Hall–Kier alpha value is -1.87. The van der Waals surface area contributed by atoms with Crippen LogP contribution in [0.3, 0.4) is 0 Å². The molecule has 31 heavy (non-hydrogen) atoms. The lowest BCUT2D eigenvalue weighted by molar-refractivity contribution is 0.102. The molecule has 0 aliphatic carbocycles. The number of carbonyl (C=O) groups excluding carboxylic acids is 1. The summed E-state index contributed by atoms with van der Waals surface area (Å²) in [4.78, 5) is 19.4. The normalized spacial score (nSPS) is 18.8. The van der Waals surface area contributed by atoms with Crippen LogP contribution < -0.4 is 9.62 Å². The van der Waals surface area contributed by atoms with Crippen LogP contribution in [0.5, 0.6) is 0 Å². The molecule has 0 bridgehead atoms. The minimum absolute atomic E-state index is 0.0706. The standard InChI is InChI=1S/C21H24Cl2N4O3S/c22-16-9-15(14-26-5-2-1-3-6-26)10-17(11-16)25-21(28)18-12-20(24-13-19(18)23)27-7-4-8-31(27,29)30/h9-13H,1-8,14H2,(H,25,28).